The molecule has 0 radical (unpaired) electrons. The summed E-state index contributed by atoms with van der Waals surface area (Å²) in [4.78, 5) is 33.8. The number of benzene rings is 4. The summed E-state index contributed by atoms with van der Waals surface area (Å²) in [5, 5.41) is 45.7. The first-order valence-electron chi connectivity index (χ1n) is 22.8. The molecule has 0 bridgehead atoms. The van der Waals surface area contributed by atoms with Crippen molar-refractivity contribution in [2.24, 2.45) is 22.9 Å². The van der Waals surface area contributed by atoms with Crippen molar-refractivity contribution in [2.45, 2.75) is 89.3 Å². The monoisotopic (exact) mass is 900 g/mol. The second kappa shape index (κ2) is 22.2. The third-order valence-corrected chi connectivity index (χ3v) is 12.9. The molecule has 1 aliphatic heterocycles. The molecule has 1 heterocycles. The van der Waals surface area contributed by atoms with E-state index in [1.165, 1.54) is 18.2 Å². The first kappa shape index (κ1) is 47.6. The molecule has 1 amide bonds. The van der Waals surface area contributed by atoms with Crippen LogP contribution in [0.25, 0.3) is 0 Å². The van der Waals surface area contributed by atoms with E-state index >= 15 is 0 Å². The summed E-state index contributed by atoms with van der Waals surface area (Å²) in [5.41, 5.74) is 4.11. The van der Waals surface area contributed by atoms with Crippen molar-refractivity contribution < 1.29 is 43.4 Å². The van der Waals surface area contributed by atoms with Crippen LogP contribution in [0, 0.1) is 45.0 Å². The van der Waals surface area contributed by atoms with Gasteiger partial charge < -0.3 is 34.2 Å². The molecule has 346 valence electrons. The minimum atomic E-state index is -1.51. The number of unbranched alkanes of at least 4 members (excludes halogenated alkanes) is 2. The number of carbonyl (C=O) groups is 1. The number of rotatable bonds is 22. The lowest BCUT2D eigenvalue weighted by atomic mass is 9.55. The number of carbonyl (C=O) groups excluding carboxylic acids is 1. The van der Waals surface area contributed by atoms with Crippen LogP contribution in [0.1, 0.15) is 96.8 Å². The first-order chi connectivity index (χ1) is 32.2. The van der Waals surface area contributed by atoms with Gasteiger partial charge in [0.1, 0.15) is 36.6 Å². The number of nitro benzene ring substituents is 1. The summed E-state index contributed by atoms with van der Waals surface area (Å²) < 4.78 is 35.5. The lowest BCUT2D eigenvalue weighted by Crippen LogP contribution is -2.70. The molecule has 2 N–H and O–H groups in total. The number of aliphatic hydroxyl groups is 2. The van der Waals surface area contributed by atoms with E-state index in [-0.39, 0.29) is 74.6 Å². The number of hydrogen-bond donors (Lipinski definition) is 2. The number of ether oxygens (including phenoxy) is 3. The van der Waals surface area contributed by atoms with Gasteiger partial charge in [0.25, 0.3) is 11.6 Å². The van der Waals surface area contributed by atoms with E-state index in [4.69, 9.17) is 24.2 Å². The molecule has 14 heteroatoms. The Kier molecular flexibility index (Phi) is 16.0. The standard InChI is InChI=1S/C52H57FN4O9/c1-3-25-56(51(60)37-19-15-35(32-54)16-20-37)48-31-46(55-65-33-36-17-21-40(22-18-36)57(61)62)43-29-38(11-7-9-26-58)42(13-8-10-27-59)49-44-30-41(63-34-39-12-5-6-14-45(39)53)23-24-47(44)66-52(48,50(43)49)64-28-4-2/h4-6,12,14-24,29-30,38,42,48-50,58-59H,2-3,7-11,13,25-28,31,33-34H2,1H3/t38-,42+,48-,49+,50+,52+/m0/s1. The molecule has 0 saturated heterocycles. The van der Waals surface area contributed by atoms with Gasteiger partial charge in [0, 0.05) is 60.9 Å². The van der Waals surface area contributed by atoms with Gasteiger partial charge in [-0.05, 0) is 116 Å². The van der Waals surface area contributed by atoms with E-state index < -0.39 is 22.7 Å². The highest BCUT2D eigenvalue weighted by Gasteiger charge is 2.65. The Morgan fingerprint density at radius 3 is 2.45 bits per heavy atom. The molecule has 0 unspecified atom stereocenters. The summed E-state index contributed by atoms with van der Waals surface area (Å²) >= 11 is 0. The van der Waals surface area contributed by atoms with Gasteiger partial charge in [-0.1, -0.05) is 55.3 Å². The van der Waals surface area contributed by atoms with Gasteiger partial charge in [0.15, 0.2) is 0 Å². The molecule has 1 fully saturated rings. The van der Waals surface area contributed by atoms with Crippen LogP contribution in [-0.2, 0) is 22.8 Å². The second-order valence-corrected chi connectivity index (χ2v) is 17.0. The Balaban J connectivity index is 1.42. The molecule has 4 aromatic rings. The van der Waals surface area contributed by atoms with E-state index in [0.29, 0.717) is 65.3 Å². The predicted octanol–water partition coefficient (Wildman–Crippen LogP) is 9.57. The number of fused-ring (bicyclic) bond motifs is 2. The molecule has 6 atom stereocenters. The zero-order valence-electron chi connectivity index (χ0n) is 37.2. The molecule has 3 aliphatic rings. The van der Waals surface area contributed by atoms with E-state index in [9.17, 15) is 34.8 Å². The Hall–Kier alpha value is -6.40. The van der Waals surface area contributed by atoms with Crippen LogP contribution in [0.15, 0.2) is 120 Å². The van der Waals surface area contributed by atoms with Crippen molar-refractivity contribution >= 4 is 17.3 Å². The maximum Gasteiger partial charge on any atom is 0.269 e. The third-order valence-electron chi connectivity index (χ3n) is 12.9. The van der Waals surface area contributed by atoms with Crippen molar-refractivity contribution in [1.29, 1.82) is 5.26 Å². The first-order valence-corrected chi connectivity index (χ1v) is 22.8. The van der Waals surface area contributed by atoms with E-state index in [0.717, 1.165) is 36.8 Å². The fourth-order valence-electron chi connectivity index (χ4n) is 9.91. The predicted molar refractivity (Wildman–Crippen MR) is 246 cm³/mol. The minimum absolute atomic E-state index is 0.00389. The fourth-order valence-corrected chi connectivity index (χ4v) is 9.91. The van der Waals surface area contributed by atoms with Crippen LogP contribution < -0.4 is 9.47 Å². The number of nitriles is 1. The summed E-state index contributed by atoms with van der Waals surface area (Å²) in [7, 11) is 0. The number of allylic oxidation sites excluding steroid dienone is 1. The Labute approximate surface area is 384 Å². The second-order valence-electron chi connectivity index (χ2n) is 17.0. The normalized spacial score (nSPS) is 22.2. The molecule has 2 aliphatic carbocycles. The van der Waals surface area contributed by atoms with Crippen LogP contribution in [-0.4, -0.2) is 69.8 Å². The number of oxime groups is 1. The highest BCUT2D eigenvalue weighted by molar-refractivity contribution is 6.03. The smallest absolute Gasteiger partial charge is 0.269 e. The number of halogens is 1. The number of hydrogen-bond acceptors (Lipinski definition) is 11. The molecule has 7 rings (SSSR count). The maximum absolute atomic E-state index is 15.0. The summed E-state index contributed by atoms with van der Waals surface area (Å²) in [6.07, 6.45) is 8.81. The largest absolute Gasteiger partial charge is 0.489 e. The molecule has 13 nitrogen and oxygen atoms in total. The number of aliphatic hydroxyl groups excluding tert-OH is 2. The van der Waals surface area contributed by atoms with Crippen molar-refractivity contribution in [3.8, 4) is 17.6 Å². The SMILES string of the molecule is C=CCO[C@@]12Oc3ccc(OCc4ccccc4F)cc3[C@H]3[C@H](CCCCO)[C@@H](CCCCO)C=C(C(=NOCc4ccc([N+](=O)[O-])cc4)C[C@@H]1N(CCC)C(=O)c1ccc(C#N)cc1)[C@H]32. The number of non-ortho nitro benzene ring substituents is 1. The van der Waals surface area contributed by atoms with Crippen molar-refractivity contribution in [2.75, 3.05) is 26.4 Å². The highest BCUT2D eigenvalue weighted by atomic mass is 19.1. The van der Waals surface area contributed by atoms with E-state index in [1.807, 2.05) is 19.1 Å². The Morgan fingerprint density at radius 2 is 1.77 bits per heavy atom. The maximum atomic E-state index is 15.0. The van der Waals surface area contributed by atoms with Gasteiger partial charge in [-0.15, -0.1) is 6.58 Å². The summed E-state index contributed by atoms with van der Waals surface area (Å²) in [6, 6.07) is 26.0. The topological polar surface area (TPSA) is 177 Å². The van der Waals surface area contributed by atoms with Crippen LogP contribution >= 0.6 is 0 Å². The van der Waals surface area contributed by atoms with Gasteiger partial charge in [-0.25, -0.2) is 4.39 Å². The zero-order chi connectivity index (χ0) is 46.6. The zero-order valence-corrected chi connectivity index (χ0v) is 37.2. The number of nitro groups is 1. The van der Waals surface area contributed by atoms with Crippen molar-refractivity contribution in [3.63, 3.8) is 0 Å². The minimum Gasteiger partial charge on any atom is -0.489 e. The number of nitrogens with zero attached hydrogens (tertiary/aromatic N) is 4. The Morgan fingerprint density at radius 1 is 1.03 bits per heavy atom. The van der Waals surface area contributed by atoms with Crippen molar-refractivity contribution in [3.05, 3.63) is 159 Å². The van der Waals surface area contributed by atoms with E-state index in [2.05, 4.69) is 18.7 Å². The van der Waals surface area contributed by atoms with Gasteiger partial charge in [0.2, 0.25) is 5.79 Å². The van der Waals surface area contributed by atoms with Crippen LogP contribution in [0.2, 0.25) is 0 Å². The van der Waals surface area contributed by atoms with Crippen LogP contribution in [0.3, 0.4) is 0 Å². The summed E-state index contributed by atoms with van der Waals surface area (Å²) in [5.74, 6) is -2.10. The quantitative estimate of drug-likeness (QED) is 0.0334. The van der Waals surface area contributed by atoms with Crippen molar-refractivity contribution in [1.82, 2.24) is 4.90 Å². The average molecular weight is 901 g/mol. The van der Waals surface area contributed by atoms with Gasteiger partial charge >= 0.3 is 0 Å². The van der Waals surface area contributed by atoms with Gasteiger partial charge in [-0.2, -0.15) is 5.26 Å². The molecule has 66 heavy (non-hydrogen) atoms. The van der Waals surface area contributed by atoms with Crippen LogP contribution in [0.5, 0.6) is 11.5 Å². The lowest BCUT2D eigenvalue weighted by Gasteiger charge is -2.60. The highest BCUT2D eigenvalue weighted by Crippen LogP contribution is 2.62. The van der Waals surface area contributed by atoms with Gasteiger partial charge in [-0.3, -0.25) is 14.9 Å². The molecule has 0 spiro atoms. The van der Waals surface area contributed by atoms with Crippen LogP contribution in [0.4, 0.5) is 10.1 Å². The van der Waals surface area contributed by atoms with E-state index in [1.54, 1.807) is 71.6 Å². The van der Waals surface area contributed by atoms with Gasteiger partial charge in [0.05, 0.1) is 34.8 Å². The third kappa shape index (κ3) is 10.3. The molecule has 1 saturated carbocycles. The molecule has 0 aromatic heterocycles. The summed E-state index contributed by atoms with van der Waals surface area (Å²) in [6.45, 7) is 6.49. The molecule has 4 aromatic carbocycles. The Bertz CT molecular complexity index is 2440. The molecular weight excluding hydrogens is 844 g/mol. The molecular formula is C52H57FN4O9. The average Bonchev–Trinajstić information content (AvgIpc) is 3.33. The number of amides is 1. The lowest BCUT2D eigenvalue weighted by molar-refractivity contribution is -0.384. The fraction of sp³-hybridized carbons (Fsp3) is 0.404.